The van der Waals surface area contributed by atoms with E-state index in [0.717, 1.165) is 4.31 Å². The smallest absolute Gasteiger partial charge is 0.434 e. The summed E-state index contributed by atoms with van der Waals surface area (Å²) in [5.74, 6) is 0.147. The third kappa shape index (κ3) is 5.91. The van der Waals surface area contributed by atoms with E-state index in [-0.39, 0.29) is 18.6 Å². The molecular weight excluding hydrogens is 374 g/mol. The van der Waals surface area contributed by atoms with Gasteiger partial charge in [-0.05, 0) is 44.0 Å². The summed E-state index contributed by atoms with van der Waals surface area (Å²) < 4.78 is 37.2. The van der Waals surface area contributed by atoms with Gasteiger partial charge in [-0.2, -0.15) is 17.4 Å². The van der Waals surface area contributed by atoms with Gasteiger partial charge in [0.05, 0.1) is 6.61 Å². The van der Waals surface area contributed by atoms with Gasteiger partial charge < -0.3 is 14.4 Å². The zero-order chi connectivity index (χ0) is 20.0. The number of hydrogen-bond donors (Lipinski definition) is 1. The molecule has 27 heavy (non-hydrogen) atoms. The Kier molecular flexibility index (Phi) is 7.17. The van der Waals surface area contributed by atoms with Gasteiger partial charge in [-0.3, -0.25) is 4.79 Å². The molecule has 0 atom stereocenters. The van der Waals surface area contributed by atoms with Gasteiger partial charge >= 0.3 is 6.16 Å². The highest BCUT2D eigenvalue weighted by molar-refractivity contribution is 7.87. The first-order chi connectivity index (χ1) is 12.7. The van der Waals surface area contributed by atoms with Gasteiger partial charge in [0.2, 0.25) is 0 Å². The molecule has 1 fully saturated rings. The Bertz CT molecular complexity index is 755. The van der Waals surface area contributed by atoms with Crippen LogP contribution in [0.4, 0.5) is 4.79 Å². The first kappa shape index (κ1) is 21.1. The maximum Gasteiger partial charge on any atom is 0.513 e. The van der Waals surface area contributed by atoms with E-state index in [4.69, 9.17) is 4.74 Å². The van der Waals surface area contributed by atoms with Crippen LogP contribution >= 0.6 is 0 Å². The molecule has 1 saturated heterocycles. The number of carbonyl (C=O) groups excluding carboxylic acids is 2. The fraction of sp³-hybridized carbons (Fsp3) is 0.529. The minimum atomic E-state index is -3.48. The zero-order valence-electron chi connectivity index (χ0n) is 15.7. The van der Waals surface area contributed by atoms with Gasteiger partial charge in [0.1, 0.15) is 5.75 Å². The molecule has 0 saturated carbocycles. The number of rotatable bonds is 6. The van der Waals surface area contributed by atoms with E-state index < -0.39 is 16.4 Å². The zero-order valence-corrected chi connectivity index (χ0v) is 16.5. The molecule has 150 valence electrons. The van der Waals surface area contributed by atoms with Gasteiger partial charge in [-0.1, -0.05) is 0 Å². The summed E-state index contributed by atoms with van der Waals surface area (Å²) in [5, 5.41) is 0. The van der Waals surface area contributed by atoms with Crippen LogP contribution in [-0.2, 0) is 14.9 Å². The summed E-state index contributed by atoms with van der Waals surface area (Å²) >= 11 is 0. The van der Waals surface area contributed by atoms with Crippen LogP contribution in [0.15, 0.2) is 24.3 Å². The molecule has 1 aromatic carbocycles. The van der Waals surface area contributed by atoms with E-state index in [1.165, 1.54) is 26.2 Å². The average molecular weight is 399 g/mol. The fourth-order valence-electron chi connectivity index (χ4n) is 2.61. The molecule has 10 heteroatoms. The van der Waals surface area contributed by atoms with E-state index in [0.29, 0.717) is 37.2 Å². The van der Waals surface area contributed by atoms with Crippen molar-refractivity contribution in [1.82, 2.24) is 13.9 Å². The molecule has 0 bridgehead atoms. The number of piperidine rings is 1. The van der Waals surface area contributed by atoms with Crippen molar-refractivity contribution in [2.24, 2.45) is 0 Å². The Balaban J connectivity index is 1.89. The number of amides is 1. The molecule has 0 aromatic heterocycles. The van der Waals surface area contributed by atoms with Gasteiger partial charge in [0.25, 0.3) is 16.1 Å². The van der Waals surface area contributed by atoms with Gasteiger partial charge in [0.15, 0.2) is 0 Å². The van der Waals surface area contributed by atoms with Crippen molar-refractivity contribution in [3.8, 4) is 5.75 Å². The summed E-state index contributed by atoms with van der Waals surface area (Å²) in [4.78, 5) is 25.5. The van der Waals surface area contributed by atoms with E-state index in [9.17, 15) is 18.0 Å². The third-order valence-corrected chi connectivity index (χ3v) is 5.74. The van der Waals surface area contributed by atoms with E-state index in [2.05, 4.69) is 9.46 Å². The Morgan fingerprint density at radius 3 is 2.30 bits per heavy atom. The van der Waals surface area contributed by atoms with Crippen molar-refractivity contribution >= 4 is 22.3 Å². The molecule has 1 aliphatic heterocycles. The number of nitrogens with one attached hydrogen (secondary N) is 1. The quantitative estimate of drug-likeness (QED) is 0.570. The molecule has 1 aromatic rings. The SMILES string of the molecule is CCOC(=O)Oc1ccc(C(=O)N2CCC(NS(=O)(=O)N(C)C)CC2)cc1. The van der Waals surface area contributed by atoms with E-state index in [1.54, 1.807) is 24.0 Å². The number of ether oxygens (including phenoxy) is 2. The van der Waals surface area contributed by atoms with Crippen LogP contribution in [0.1, 0.15) is 30.1 Å². The van der Waals surface area contributed by atoms with Crippen LogP contribution in [0, 0.1) is 0 Å². The monoisotopic (exact) mass is 399 g/mol. The van der Waals surface area contributed by atoms with Crippen LogP contribution in [-0.4, -0.2) is 69.5 Å². The molecule has 9 nitrogen and oxygen atoms in total. The molecule has 1 N–H and O–H groups in total. The van der Waals surface area contributed by atoms with Crippen LogP contribution in [0.25, 0.3) is 0 Å². The molecule has 0 spiro atoms. The number of likely N-dealkylation sites (tertiary alicyclic amines) is 1. The maximum atomic E-state index is 12.6. The first-order valence-corrected chi connectivity index (χ1v) is 10.1. The second-order valence-corrected chi connectivity index (χ2v) is 8.20. The topological polar surface area (TPSA) is 105 Å². The Morgan fingerprint density at radius 2 is 1.78 bits per heavy atom. The van der Waals surface area contributed by atoms with Crippen molar-refractivity contribution in [1.29, 1.82) is 0 Å². The lowest BCUT2D eigenvalue weighted by Crippen LogP contribution is -2.49. The van der Waals surface area contributed by atoms with Crippen molar-refractivity contribution in [3.63, 3.8) is 0 Å². The molecule has 1 amide bonds. The summed E-state index contributed by atoms with van der Waals surface area (Å²) in [6, 6.07) is 6.03. The number of carbonyl (C=O) groups is 2. The number of hydrogen-bond acceptors (Lipinski definition) is 6. The normalized spacial score (nSPS) is 15.6. The maximum absolute atomic E-state index is 12.6. The average Bonchev–Trinajstić information content (AvgIpc) is 2.62. The lowest BCUT2D eigenvalue weighted by atomic mass is 10.0. The minimum absolute atomic E-state index is 0.147. The van der Waals surface area contributed by atoms with Crippen molar-refractivity contribution < 1.29 is 27.5 Å². The highest BCUT2D eigenvalue weighted by Crippen LogP contribution is 2.18. The Labute approximate surface area is 159 Å². The summed E-state index contributed by atoms with van der Waals surface area (Å²) in [7, 11) is -0.541. The van der Waals surface area contributed by atoms with Crippen molar-refractivity contribution in [2.45, 2.75) is 25.8 Å². The molecule has 2 rings (SSSR count). The highest BCUT2D eigenvalue weighted by atomic mass is 32.2. The Morgan fingerprint density at radius 1 is 1.19 bits per heavy atom. The molecule has 1 aliphatic rings. The van der Waals surface area contributed by atoms with E-state index >= 15 is 0 Å². The molecular formula is C17H25N3O6S. The van der Waals surface area contributed by atoms with Gasteiger partial charge in [0, 0.05) is 38.8 Å². The second kappa shape index (κ2) is 9.16. The third-order valence-electron chi connectivity index (χ3n) is 4.14. The second-order valence-electron chi connectivity index (χ2n) is 6.28. The van der Waals surface area contributed by atoms with Crippen molar-refractivity contribution in [3.05, 3.63) is 29.8 Å². The lowest BCUT2D eigenvalue weighted by Gasteiger charge is -2.32. The predicted octanol–water partition coefficient (Wildman–Crippen LogP) is 1.22. The van der Waals surface area contributed by atoms with Crippen LogP contribution in [0.2, 0.25) is 0 Å². The minimum Gasteiger partial charge on any atom is -0.434 e. The van der Waals surface area contributed by atoms with Crippen LogP contribution < -0.4 is 9.46 Å². The van der Waals surface area contributed by atoms with E-state index in [1.807, 2.05) is 0 Å². The van der Waals surface area contributed by atoms with Gasteiger partial charge in [-0.15, -0.1) is 0 Å². The number of benzene rings is 1. The highest BCUT2D eigenvalue weighted by Gasteiger charge is 2.27. The number of nitrogens with zero attached hydrogens (tertiary/aromatic N) is 2. The molecule has 0 unspecified atom stereocenters. The predicted molar refractivity (Wildman–Crippen MR) is 98.8 cm³/mol. The van der Waals surface area contributed by atoms with Crippen LogP contribution in [0.5, 0.6) is 5.75 Å². The lowest BCUT2D eigenvalue weighted by molar-refractivity contribution is 0.0711. The fourth-order valence-corrected chi connectivity index (χ4v) is 3.48. The summed E-state index contributed by atoms with van der Waals surface area (Å²) in [5.41, 5.74) is 0.471. The standard InChI is InChI=1S/C17H25N3O6S/c1-4-25-17(22)26-15-7-5-13(6-8-15)16(21)20-11-9-14(10-12-20)18-27(23,24)19(2)3/h5-8,14,18H,4,9-12H2,1-3H3. The largest absolute Gasteiger partial charge is 0.513 e. The van der Waals surface area contributed by atoms with Crippen molar-refractivity contribution in [2.75, 3.05) is 33.8 Å². The van der Waals surface area contributed by atoms with Crippen LogP contribution in [0.3, 0.4) is 0 Å². The van der Waals surface area contributed by atoms with Gasteiger partial charge in [-0.25, -0.2) is 4.79 Å². The Hall–Kier alpha value is -2.17. The molecule has 1 heterocycles. The first-order valence-electron chi connectivity index (χ1n) is 8.66. The summed E-state index contributed by atoms with van der Waals surface area (Å²) in [6.07, 6.45) is 0.296. The molecule has 0 radical (unpaired) electrons. The molecule has 0 aliphatic carbocycles. The summed E-state index contributed by atoms with van der Waals surface area (Å²) in [6.45, 7) is 2.81.